The maximum atomic E-state index is 13.2. The Hall–Kier alpha value is -2.67. The summed E-state index contributed by atoms with van der Waals surface area (Å²) in [5, 5.41) is 3.17. The summed E-state index contributed by atoms with van der Waals surface area (Å²) in [5.41, 5.74) is 2.47. The van der Waals surface area contributed by atoms with Crippen molar-refractivity contribution in [1.29, 1.82) is 0 Å². The molecule has 0 saturated carbocycles. The first-order valence-corrected chi connectivity index (χ1v) is 10.8. The SMILES string of the molecule is Cc1ccc(CN(CC(=O)Nc2ccccc2)S(=O)(=O)c2ccc(Cl)cc2)cc1. The van der Waals surface area contributed by atoms with Crippen LogP contribution in [0.2, 0.25) is 5.02 Å². The number of nitrogens with one attached hydrogen (secondary N) is 1. The maximum Gasteiger partial charge on any atom is 0.243 e. The molecule has 3 rings (SSSR count). The van der Waals surface area contributed by atoms with E-state index in [2.05, 4.69) is 5.32 Å². The second-order valence-electron chi connectivity index (χ2n) is 6.63. The molecule has 7 heteroatoms. The molecule has 0 spiro atoms. The second kappa shape index (κ2) is 9.22. The summed E-state index contributed by atoms with van der Waals surface area (Å²) in [4.78, 5) is 12.6. The van der Waals surface area contributed by atoms with Crippen LogP contribution in [0.5, 0.6) is 0 Å². The van der Waals surface area contributed by atoms with E-state index >= 15 is 0 Å². The molecule has 0 bridgehead atoms. The van der Waals surface area contributed by atoms with Gasteiger partial charge in [0.2, 0.25) is 15.9 Å². The molecule has 3 aromatic rings. The number of benzene rings is 3. The minimum Gasteiger partial charge on any atom is -0.325 e. The first-order chi connectivity index (χ1) is 13.8. The molecule has 29 heavy (non-hydrogen) atoms. The number of para-hydroxylation sites is 1. The lowest BCUT2D eigenvalue weighted by Gasteiger charge is -2.22. The van der Waals surface area contributed by atoms with Crippen molar-refractivity contribution >= 4 is 33.2 Å². The quantitative estimate of drug-likeness (QED) is 0.603. The third-order valence-electron chi connectivity index (χ3n) is 4.31. The van der Waals surface area contributed by atoms with Gasteiger partial charge in [-0.15, -0.1) is 0 Å². The Kier molecular flexibility index (Phi) is 6.69. The molecule has 1 N–H and O–H groups in total. The molecule has 0 atom stereocenters. The molecule has 0 aliphatic carbocycles. The Bertz CT molecular complexity index is 1070. The molecule has 150 valence electrons. The zero-order valence-electron chi connectivity index (χ0n) is 15.9. The lowest BCUT2D eigenvalue weighted by Crippen LogP contribution is -2.37. The number of hydrogen-bond acceptors (Lipinski definition) is 3. The highest BCUT2D eigenvalue weighted by Gasteiger charge is 2.27. The van der Waals surface area contributed by atoms with Crippen molar-refractivity contribution in [3.8, 4) is 0 Å². The smallest absolute Gasteiger partial charge is 0.243 e. The molecule has 0 aliphatic heterocycles. The summed E-state index contributed by atoms with van der Waals surface area (Å²) in [7, 11) is -3.90. The molecule has 3 aromatic carbocycles. The first kappa shape index (κ1) is 21.0. The maximum absolute atomic E-state index is 13.2. The van der Waals surface area contributed by atoms with Crippen molar-refractivity contribution < 1.29 is 13.2 Å². The van der Waals surface area contributed by atoms with Crippen molar-refractivity contribution in [3.05, 3.63) is 95.0 Å². The van der Waals surface area contributed by atoms with Crippen LogP contribution in [-0.2, 0) is 21.4 Å². The third kappa shape index (κ3) is 5.67. The van der Waals surface area contributed by atoms with Crippen LogP contribution < -0.4 is 5.32 Å². The normalized spacial score (nSPS) is 11.4. The zero-order chi connectivity index (χ0) is 20.9. The monoisotopic (exact) mass is 428 g/mol. The van der Waals surface area contributed by atoms with E-state index < -0.39 is 15.9 Å². The molecular weight excluding hydrogens is 408 g/mol. The number of hydrogen-bond donors (Lipinski definition) is 1. The highest BCUT2D eigenvalue weighted by Crippen LogP contribution is 2.21. The van der Waals surface area contributed by atoms with Crippen LogP contribution in [0.15, 0.2) is 83.8 Å². The van der Waals surface area contributed by atoms with Gasteiger partial charge in [0.05, 0.1) is 11.4 Å². The van der Waals surface area contributed by atoms with Gasteiger partial charge in [-0.25, -0.2) is 8.42 Å². The van der Waals surface area contributed by atoms with Crippen molar-refractivity contribution in [2.45, 2.75) is 18.4 Å². The van der Waals surface area contributed by atoms with Crippen LogP contribution in [0.4, 0.5) is 5.69 Å². The average Bonchev–Trinajstić information content (AvgIpc) is 2.70. The molecule has 0 radical (unpaired) electrons. The number of rotatable bonds is 7. The van der Waals surface area contributed by atoms with Crippen LogP contribution in [0.1, 0.15) is 11.1 Å². The standard InChI is InChI=1S/C22H21ClN2O3S/c1-17-7-9-18(10-8-17)15-25(16-22(26)24-20-5-3-2-4-6-20)29(27,28)21-13-11-19(23)12-14-21/h2-14H,15-16H2,1H3,(H,24,26). The summed E-state index contributed by atoms with van der Waals surface area (Å²) in [6.45, 7) is 1.72. The van der Waals surface area contributed by atoms with Gasteiger partial charge < -0.3 is 5.32 Å². The summed E-state index contributed by atoms with van der Waals surface area (Å²) in [6, 6.07) is 22.4. The fraction of sp³-hybridized carbons (Fsp3) is 0.136. The first-order valence-electron chi connectivity index (χ1n) is 9.01. The minimum absolute atomic E-state index is 0.0768. The van der Waals surface area contributed by atoms with Crippen molar-refractivity contribution in [1.82, 2.24) is 4.31 Å². The van der Waals surface area contributed by atoms with E-state index in [0.29, 0.717) is 10.7 Å². The summed E-state index contributed by atoms with van der Waals surface area (Å²) in [5.74, 6) is -0.416. The van der Waals surface area contributed by atoms with Crippen molar-refractivity contribution in [3.63, 3.8) is 0 Å². The largest absolute Gasteiger partial charge is 0.325 e. The van der Waals surface area contributed by atoms with E-state index in [4.69, 9.17) is 11.6 Å². The molecule has 0 aromatic heterocycles. The Morgan fingerprint density at radius 3 is 2.17 bits per heavy atom. The third-order valence-corrected chi connectivity index (χ3v) is 6.37. The van der Waals surface area contributed by atoms with Crippen LogP contribution in [0.25, 0.3) is 0 Å². The van der Waals surface area contributed by atoms with E-state index in [1.807, 2.05) is 37.3 Å². The van der Waals surface area contributed by atoms with Gasteiger partial charge in [-0.3, -0.25) is 4.79 Å². The summed E-state index contributed by atoms with van der Waals surface area (Å²) >= 11 is 5.89. The van der Waals surface area contributed by atoms with Gasteiger partial charge in [0.25, 0.3) is 0 Å². The van der Waals surface area contributed by atoms with Gasteiger partial charge in [-0.1, -0.05) is 59.6 Å². The lowest BCUT2D eigenvalue weighted by molar-refractivity contribution is -0.116. The van der Waals surface area contributed by atoms with E-state index in [-0.39, 0.29) is 18.0 Å². The topological polar surface area (TPSA) is 66.5 Å². The van der Waals surface area contributed by atoms with E-state index in [0.717, 1.165) is 11.1 Å². The highest BCUT2D eigenvalue weighted by atomic mass is 35.5. The molecule has 0 fully saturated rings. The number of halogens is 1. The average molecular weight is 429 g/mol. The van der Waals surface area contributed by atoms with Gasteiger partial charge in [-0.2, -0.15) is 4.31 Å². The van der Waals surface area contributed by atoms with Gasteiger partial charge >= 0.3 is 0 Å². The predicted octanol–water partition coefficient (Wildman–Crippen LogP) is 4.48. The molecular formula is C22H21ClN2O3S. The fourth-order valence-corrected chi connectivity index (χ4v) is 4.27. The van der Waals surface area contributed by atoms with Crippen LogP contribution in [0.3, 0.4) is 0 Å². The zero-order valence-corrected chi connectivity index (χ0v) is 17.5. The van der Waals surface area contributed by atoms with Gasteiger partial charge in [0.1, 0.15) is 0 Å². The summed E-state index contributed by atoms with van der Waals surface area (Å²) in [6.07, 6.45) is 0. The second-order valence-corrected chi connectivity index (χ2v) is 9.00. The number of sulfonamides is 1. The van der Waals surface area contributed by atoms with Gasteiger partial charge in [-0.05, 0) is 48.9 Å². The number of carbonyl (C=O) groups excluding carboxylic acids is 1. The van der Waals surface area contributed by atoms with Crippen molar-refractivity contribution in [2.24, 2.45) is 0 Å². The Morgan fingerprint density at radius 1 is 0.931 bits per heavy atom. The fourth-order valence-electron chi connectivity index (χ4n) is 2.76. The summed E-state index contributed by atoms with van der Waals surface area (Å²) < 4.78 is 27.6. The molecule has 5 nitrogen and oxygen atoms in total. The predicted molar refractivity (Wildman–Crippen MR) is 115 cm³/mol. The van der Waals surface area contributed by atoms with Crippen LogP contribution in [-0.4, -0.2) is 25.2 Å². The number of carbonyl (C=O) groups is 1. The minimum atomic E-state index is -3.90. The molecule has 0 saturated heterocycles. The van der Waals surface area contributed by atoms with Crippen LogP contribution >= 0.6 is 11.6 Å². The van der Waals surface area contributed by atoms with E-state index in [1.165, 1.54) is 28.6 Å². The van der Waals surface area contributed by atoms with Gasteiger partial charge in [0, 0.05) is 17.3 Å². The molecule has 1 amide bonds. The Labute approximate surface area is 176 Å². The molecule has 0 aliphatic rings. The highest BCUT2D eigenvalue weighted by molar-refractivity contribution is 7.89. The number of amides is 1. The van der Waals surface area contributed by atoms with Gasteiger partial charge in [0.15, 0.2) is 0 Å². The number of nitrogens with zero attached hydrogens (tertiary/aromatic N) is 1. The van der Waals surface area contributed by atoms with Crippen LogP contribution in [0, 0.1) is 6.92 Å². The number of aryl methyl sites for hydroxylation is 1. The Morgan fingerprint density at radius 2 is 1.55 bits per heavy atom. The van der Waals surface area contributed by atoms with E-state index in [9.17, 15) is 13.2 Å². The lowest BCUT2D eigenvalue weighted by atomic mass is 10.1. The molecule has 0 heterocycles. The molecule has 0 unspecified atom stereocenters. The number of anilines is 1. The van der Waals surface area contributed by atoms with E-state index in [1.54, 1.807) is 24.3 Å². The Balaban J connectivity index is 1.87. The van der Waals surface area contributed by atoms with Crippen molar-refractivity contribution in [2.75, 3.05) is 11.9 Å².